The lowest BCUT2D eigenvalue weighted by Gasteiger charge is -2.24. The van der Waals surface area contributed by atoms with Crippen molar-refractivity contribution < 1.29 is 9.53 Å². The molecular formula is C16H23ClN2O2. The van der Waals surface area contributed by atoms with Gasteiger partial charge in [0.15, 0.2) is 0 Å². The summed E-state index contributed by atoms with van der Waals surface area (Å²) in [6.45, 7) is 4.74. The van der Waals surface area contributed by atoms with Crippen LogP contribution in [0.5, 0.6) is 0 Å². The smallest absolute Gasteiger partial charge is 0.238 e. The van der Waals surface area contributed by atoms with Crippen LogP contribution in [-0.4, -0.2) is 37.1 Å². The van der Waals surface area contributed by atoms with E-state index >= 15 is 0 Å². The molecule has 1 aromatic carbocycles. The zero-order valence-electron chi connectivity index (χ0n) is 12.5. The summed E-state index contributed by atoms with van der Waals surface area (Å²) in [7, 11) is 0. The maximum absolute atomic E-state index is 12.0. The van der Waals surface area contributed by atoms with Gasteiger partial charge in [-0.2, -0.15) is 0 Å². The predicted octanol–water partition coefficient (Wildman–Crippen LogP) is 2.98. The Morgan fingerprint density at radius 3 is 2.95 bits per heavy atom. The van der Waals surface area contributed by atoms with Crippen molar-refractivity contribution in [1.29, 1.82) is 0 Å². The van der Waals surface area contributed by atoms with E-state index in [0.717, 1.165) is 31.4 Å². The fourth-order valence-corrected chi connectivity index (χ4v) is 2.65. The molecule has 5 heteroatoms. The Kier molecular flexibility index (Phi) is 6.49. The van der Waals surface area contributed by atoms with E-state index in [1.165, 1.54) is 0 Å². The quantitative estimate of drug-likeness (QED) is 0.751. The molecule has 1 aliphatic heterocycles. The zero-order valence-corrected chi connectivity index (χ0v) is 13.2. The summed E-state index contributed by atoms with van der Waals surface area (Å²) in [6, 6.07) is 7.65. The van der Waals surface area contributed by atoms with Gasteiger partial charge in [-0.05, 0) is 30.5 Å². The molecule has 1 fully saturated rings. The van der Waals surface area contributed by atoms with Gasteiger partial charge in [-0.3, -0.25) is 10.1 Å². The van der Waals surface area contributed by atoms with Gasteiger partial charge in [-0.1, -0.05) is 37.1 Å². The summed E-state index contributed by atoms with van der Waals surface area (Å²) in [4.78, 5) is 13.9. The van der Waals surface area contributed by atoms with Crippen LogP contribution in [-0.2, 0) is 9.53 Å². The van der Waals surface area contributed by atoms with Gasteiger partial charge in [0.05, 0.1) is 6.54 Å². The van der Waals surface area contributed by atoms with E-state index in [0.29, 0.717) is 24.7 Å². The maximum atomic E-state index is 12.0. The molecule has 1 saturated heterocycles. The second-order valence-electron chi connectivity index (χ2n) is 5.25. The molecule has 21 heavy (non-hydrogen) atoms. The molecule has 1 atom stereocenters. The van der Waals surface area contributed by atoms with Crippen LogP contribution in [0, 0.1) is 0 Å². The minimum atomic E-state index is -0.0770. The number of amides is 1. The highest BCUT2D eigenvalue weighted by molar-refractivity contribution is 6.30. The second-order valence-corrected chi connectivity index (χ2v) is 5.68. The van der Waals surface area contributed by atoms with E-state index < -0.39 is 0 Å². The van der Waals surface area contributed by atoms with Gasteiger partial charge in [0, 0.05) is 24.8 Å². The van der Waals surface area contributed by atoms with Crippen molar-refractivity contribution in [3.8, 4) is 0 Å². The average Bonchev–Trinajstić information content (AvgIpc) is 2.84. The standard InChI is InChI=1S/C16H23ClN2O2/c1-2-3-9-21-10-5-8-19-15(20)12-18-16(19)13-6-4-7-14(17)11-13/h4,6-7,11,16,18H,2-3,5,8-10,12H2,1H3. The van der Waals surface area contributed by atoms with E-state index in [-0.39, 0.29) is 12.1 Å². The first-order valence-electron chi connectivity index (χ1n) is 7.58. The third kappa shape index (κ3) is 4.70. The number of ether oxygens (including phenoxy) is 1. The molecule has 0 bridgehead atoms. The first kappa shape index (κ1) is 16.3. The lowest BCUT2D eigenvalue weighted by atomic mass is 10.1. The SMILES string of the molecule is CCCCOCCCN1C(=O)CNC1c1cccc(Cl)c1. The first-order valence-corrected chi connectivity index (χ1v) is 7.96. The average molecular weight is 311 g/mol. The number of carbonyl (C=O) groups excluding carboxylic acids is 1. The molecule has 1 aromatic rings. The van der Waals surface area contributed by atoms with Gasteiger partial charge in [-0.15, -0.1) is 0 Å². The van der Waals surface area contributed by atoms with Crippen molar-refractivity contribution in [3.05, 3.63) is 34.9 Å². The number of nitrogens with one attached hydrogen (secondary N) is 1. The molecule has 0 saturated carbocycles. The van der Waals surface area contributed by atoms with Gasteiger partial charge >= 0.3 is 0 Å². The molecule has 0 aliphatic carbocycles. The summed E-state index contributed by atoms with van der Waals surface area (Å²) in [5.41, 5.74) is 1.03. The third-order valence-electron chi connectivity index (χ3n) is 3.57. The van der Waals surface area contributed by atoms with E-state index in [9.17, 15) is 4.79 Å². The Morgan fingerprint density at radius 1 is 1.38 bits per heavy atom. The van der Waals surface area contributed by atoms with E-state index in [1.54, 1.807) is 0 Å². The Bertz CT molecular complexity index is 467. The van der Waals surface area contributed by atoms with Crippen molar-refractivity contribution in [2.24, 2.45) is 0 Å². The van der Waals surface area contributed by atoms with Crippen molar-refractivity contribution in [1.82, 2.24) is 10.2 Å². The number of carbonyl (C=O) groups is 1. The minimum absolute atomic E-state index is 0.0770. The van der Waals surface area contributed by atoms with Gasteiger partial charge in [0.25, 0.3) is 0 Å². The number of hydrogen-bond donors (Lipinski definition) is 1. The molecule has 2 rings (SSSR count). The summed E-state index contributed by atoms with van der Waals surface area (Å²) in [5, 5.41) is 3.93. The lowest BCUT2D eigenvalue weighted by molar-refractivity contribution is -0.128. The van der Waals surface area contributed by atoms with Crippen molar-refractivity contribution in [2.75, 3.05) is 26.3 Å². The van der Waals surface area contributed by atoms with Gasteiger partial charge < -0.3 is 9.64 Å². The van der Waals surface area contributed by atoms with Crippen LogP contribution in [0.3, 0.4) is 0 Å². The minimum Gasteiger partial charge on any atom is -0.381 e. The summed E-state index contributed by atoms with van der Waals surface area (Å²) >= 11 is 6.03. The molecular weight excluding hydrogens is 288 g/mol. The molecule has 1 aliphatic rings. The topological polar surface area (TPSA) is 41.6 Å². The zero-order chi connectivity index (χ0) is 15.1. The number of hydrogen-bond acceptors (Lipinski definition) is 3. The molecule has 0 spiro atoms. The summed E-state index contributed by atoms with van der Waals surface area (Å²) in [6.07, 6.45) is 3.02. The molecule has 1 amide bonds. The van der Waals surface area contributed by atoms with Crippen LogP contribution in [0.1, 0.15) is 37.9 Å². The van der Waals surface area contributed by atoms with E-state index in [4.69, 9.17) is 16.3 Å². The number of nitrogens with zero attached hydrogens (tertiary/aromatic N) is 1. The molecule has 4 nitrogen and oxygen atoms in total. The number of rotatable bonds is 8. The molecule has 1 N–H and O–H groups in total. The maximum Gasteiger partial charge on any atom is 0.238 e. The molecule has 1 heterocycles. The highest BCUT2D eigenvalue weighted by Gasteiger charge is 2.30. The van der Waals surface area contributed by atoms with Gasteiger partial charge in [0.1, 0.15) is 6.17 Å². The van der Waals surface area contributed by atoms with Crippen molar-refractivity contribution >= 4 is 17.5 Å². The third-order valence-corrected chi connectivity index (χ3v) is 3.81. The van der Waals surface area contributed by atoms with Crippen LogP contribution in [0.4, 0.5) is 0 Å². The molecule has 116 valence electrons. The predicted molar refractivity (Wildman–Crippen MR) is 84.3 cm³/mol. The highest BCUT2D eigenvalue weighted by Crippen LogP contribution is 2.24. The number of benzene rings is 1. The van der Waals surface area contributed by atoms with Crippen molar-refractivity contribution in [2.45, 2.75) is 32.4 Å². The fourth-order valence-electron chi connectivity index (χ4n) is 2.45. The summed E-state index contributed by atoms with van der Waals surface area (Å²) < 4.78 is 5.55. The Labute approximate surface area is 131 Å². The highest BCUT2D eigenvalue weighted by atomic mass is 35.5. The second kappa shape index (κ2) is 8.37. The van der Waals surface area contributed by atoms with Crippen LogP contribution in [0.15, 0.2) is 24.3 Å². The van der Waals surface area contributed by atoms with Crippen LogP contribution >= 0.6 is 11.6 Å². The number of halogens is 1. The first-order chi connectivity index (χ1) is 10.2. The fraction of sp³-hybridized carbons (Fsp3) is 0.562. The van der Waals surface area contributed by atoms with Crippen LogP contribution < -0.4 is 5.32 Å². The largest absolute Gasteiger partial charge is 0.381 e. The van der Waals surface area contributed by atoms with Crippen molar-refractivity contribution in [3.63, 3.8) is 0 Å². The molecule has 0 radical (unpaired) electrons. The monoisotopic (exact) mass is 310 g/mol. The molecule has 1 unspecified atom stereocenters. The number of unbranched alkanes of at least 4 members (excludes halogenated alkanes) is 1. The van der Waals surface area contributed by atoms with Gasteiger partial charge in [-0.25, -0.2) is 0 Å². The Hall–Kier alpha value is -1.10. The Morgan fingerprint density at radius 2 is 2.19 bits per heavy atom. The summed E-state index contributed by atoms with van der Waals surface area (Å²) in [5.74, 6) is 0.133. The normalized spacial score (nSPS) is 18.5. The Balaban J connectivity index is 1.86. The van der Waals surface area contributed by atoms with Crippen LogP contribution in [0.25, 0.3) is 0 Å². The van der Waals surface area contributed by atoms with Crippen LogP contribution in [0.2, 0.25) is 5.02 Å². The lowest BCUT2D eigenvalue weighted by Crippen LogP contribution is -2.31. The van der Waals surface area contributed by atoms with Gasteiger partial charge in [0.2, 0.25) is 5.91 Å². The van der Waals surface area contributed by atoms with E-state index in [2.05, 4.69) is 12.2 Å². The molecule has 0 aromatic heterocycles. The van der Waals surface area contributed by atoms with E-state index in [1.807, 2.05) is 29.2 Å².